The van der Waals surface area contributed by atoms with Gasteiger partial charge in [-0.1, -0.05) is 36.4 Å². The van der Waals surface area contributed by atoms with Gasteiger partial charge >= 0.3 is 5.97 Å². The monoisotopic (exact) mass is 529 g/mol. The quantitative estimate of drug-likeness (QED) is 0.288. The van der Waals surface area contributed by atoms with Crippen LogP contribution in [0.25, 0.3) is 6.08 Å². The fourth-order valence-electron chi connectivity index (χ4n) is 2.84. The summed E-state index contributed by atoms with van der Waals surface area (Å²) < 4.78 is 26.2. The molecule has 0 spiro atoms. The second-order valence-corrected chi connectivity index (χ2v) is 8.10. The van der Waals surface area contributed by atoms with E-state index in [0.29, 0.717) is 20.3 Å². The van der Waals surface area contributed by atoms with Gasteiger partial charge in [-0.3, -0.25) is 0 Å². The number of benzene rings is 3. The van der Waals surface area contributed by atoms with Gasteiger partial charge in [-0.2, -0.15) is 0 Å². The van der Waals surface area contributed by atoms with Crippen LogP contribution in [0.3, 0.4) is 0 Å². The number of halogens is 3. The Kier molecular flexibility index (Phi) is 6.11. The standard InChI is InChI=1S/C23H14Br2FNO3/c24-17-10-14(11-18(25)21(17)29-13-16-8-4-5-9-19(16)26)12-20-23(28)30-22(27-20)15-6-2-1-3-7-15/h1-12H,13H2/b20-12-. The Morgan fingerprint density at radius 3 is 2.37 bits per heavy atom. The van der Waals surface area contributed by atoms with E-state index in [1.165, 1.54) is 6.07 Å². The molecule has 30 heavy (non-hydrogen) atoms. The number of esters is 1. The van der Waals surface area contributed by atoms with E-state index in [1.54, 1.807) is 36.4 Å². The Labute approximate surface area is 189 Å². The predicted molar refractivity (Wildman–Crippen MR) is 120 cm³/mol. The van der Waals surface area contributed by atoms with Gasteiger partial charge in [0.05, 0.1) is 8.95 Å². The molecule has 0 atom stereocenters. The summed E-state index contributed by atoms with van der Waals surface area (Å²) in [4.78, 5) is 16.5. The fourth-order valence-corrected chi connectivity index (χ4v) is 4.29. The average molecular weight is 531 g/mol. The van der Waals surface area contributed by atoms with Crippen LogP contribution >= 0.6 is 31.9 Å². The van der Waals surface area contributed by atoms with Crippen molar-refractivity contribution in [2.24, 2.45) is 4.99 Å². The van der Waals surface area contributed by atoms with Gasteiger partial charge in [-0.25, -0.2) is 14.2 Å². The molecule has 0 aliphatic carbocycles. The molecule has 0 saturated carbocycles. The first kappa shape index (κ1) is 20.5. The maximum Gasteiger partial charge on any atom is 0.363 e. The molecule has 0 N–H and O–H groups in total. The van der Waals surface area contributed by atoms with Crippen molar-refractivity contribution in [3.63, 3.8) is 0 Å². The zero-order valence-corrected chi connectivity index (χ0v) is 18.6. The van der Waals surface area contributed by atoms with Crippen LogP contribution in [0, 0.1) is 5.82 Å². The molecular formula is C23H14Br2FNO3. The molecule has 3 aromatic carbocycles. The zero-order chi connectivity index (χ0) is 21.1. The normalized spacial score (nSPS) is 14.6. The highest BCUT2D eigenvalue weighted by atomic mass is 79.9. The Hall–Kier alpha value is -2.77. The Balaban J connectivity index is 1.56. The number of ether oxygens (including phenoxy) is 2. The van der Waals surface area contributed by atoms with Crippen LogP contribution in [0.1, 0.15) is 16.7 Å². The van der Waals surface area contributed by atoms with Crippen LogP contribution in [0.4, 0.5) is 4.39 Å². The van der Waals surface area contributed by atoms with E-state index in [-0.39, 0.29) is 24.0 Å². The molecule has 4 nitrogen and oxygen atoms in total. The van der Waals surface area contributed by atoms with Crippen molar-refractivity contribution in [3.8, 4) is 5.75 Å². The van der Waals surface area contributed by atoms with Gasteiger partial charge in [-0.05, 0) is 73.8 Å². The molecule has 0 saturated heterocycles. The summed E-state index contributed by atoms with van der Waals surface area (Å²) in [5, 5.41) is 0. The number of hydrogen-bond acceptors (Lipinski definition) is 4. The molecule has 1 aliphatic rings. The van der Waals surface area contributed by atoms with E-state index in [9.17, 15) is 9.18 Å². The van der Waals surface area contributed by atoms with Crippen LogP contribution in [-0.4, -0.2) is 11.9 Å². The first-order chi connectivity index (χ1) is 14.5. The van der Waals surface area contributed by atoms with Crippen molar-refractivity contribution in [1.82, 2.24) is 0 Å². The first-order valence-electron chi connectivity index (χ1n) is 8.94. The van der Waals surface area contributed by atoms with Gasteiger partial charge in [-0.15, -0.1) is 0 Å². The molecule has 0 aromatic heterocycles. The summed E-state index contributed by atoms with van der Waals surface area (Å²) in [6.45, 7) is 0.0847. The van der Waals surface area contributed by atoms with Crippen LogP contribution in [0.5, 0.6) is 5.75 Å². The molecule has 0 fully saturated rings. The Bertz CT molecular complexity index is 1150. The number of hydrogen-bond donors (Lipinski definition) is 0. The Morgan fingerprint density at radius 2 is 1.67 bits per heavy atom. The highest BCUT2D eigenvalue weighted by Crippen LogP contribution is 2.36. The van der Waals surface area contributed by atoms with Gasteiger partial charge < -0.3 is 9.47 Å². The van der Waals surface area contributed by atoms with E-state index < -0.39 is 5.97 Å². The number of aliphatic imine (C=N–C) groups is 1. The molecule has 0 radical (unpaired) electrons. The van der Waals surface area contributed by atoms with E-state index in [2.05, 4.69) is 36.9 Å². The zero-order valence-electron chi connectivity index (χ0n) is 15.4. The second-order valence-electron chi connectivity index (χ2n) is 6.40. The summed E-state index contributed by atoms with van der Waals surface area (Å²) in [6.07, 6.45) is 1.63. The van der Waals surface area contributed by atoms with E-state index in [1.807, 2.05) is 30.3 Å². The molecule has 0 amide bonds. The second kappa shape index (κ2) is 8.93. The average Bonchev–Trinajstić information content (AvgIpc) is 3.09. The molecular weight excluding hydrogens is 517 g/mol. The van der Waals surface area contributed by atoms with Crippen molar-refractivity contribution in [2.45, 2.75) is 6.61 Å². The summed E-state index contributed by atoms with van der Waals surface area (Å²) in [6, 6.07) is 19.3. The topological polar surface area (TPSA) is 47.9 Å². The molecule has 3 aromatic rings. The van der Waals surface area contributed by atoms with Crippen LogP contribution in [0.15, 0.2) is 86.4 Å². The summed E-state index contributed by atoms with van der Waals surface area (Å²) in [5.74, 6) is -0.0309. The largest absolute Gasteiger partial charge is 0.486 e. The first-order valence-corrected chi connectivity index (χ1v) is 10.5. The van der Waals surface area contributed by atoms with E-state index >= 15 is 0 Å². The van der Waals surface area contributed by atoms with Crippen molar-refractivity contribution < 1.29 is 18.7 Å². The third-order valence-electron chi connectivity index (χ3n) is 4.30. The van der Waals surface area contributed by atoms with Gasteiger partial charge in [0, 0.05) is 11.1 Å². The van der Waals surface area contributed by atoms with E-state index in [0.717, 1.165) is 11.1 Å². The fraction of sp³-hybridized carbons (Fsp3) is 0.0435. The highest BCUT2D eigenvalue weighted by Gasteiger charge is 2.24. The van der Waals surface area contributed by atoms with Crippen molar-refractivity contribution >= 4 is 49.8 Å². The molecule has 0 bridgehead atoms. The van der Waals surface area contributed by atoms with E-state index in [4.69, 9.17) is 9.47 Å². The van der Waals surface area contributed by atoms with Crippen LogP contribution in [-0.2, 0) is 16.1 Å². The summed E-state index contributed by atoms with van der Waals surface area (Å²) in [7, 11) is 0. The maximum atomic E-state index is 13.8. The van der Waals surface area contributed by atoms with Crippen LogP contribution < -0.4 is 4.74 Å². The molecule has 1 aliphatic heterocycles. The minimum absolute atomic E-state index is 0.0847. The van der Waals surface area contributed by atoms with Gasteiger partial charge in [0.1, 0.15) is 18.2 Å². The number of carbonyl (C=O) groups excluding carboxylic acids is 1. The number of carbonyl (C=O) groups is 1. The lowest BCUT2D eigenvalue weighted by Gasteiger charge is -2.12. The molecule has 7 heteroatoms. The number of rotatable bonds is 5. The molecule has 0 unspecified atom stereocenters. The maximum absolute atomic E-state index is 13.8. The predicted octanol–water partition coefficient (Wildman–Crippen LogP) is 6.27. The molecule has 150 valence electrons. The summed E-state index contributed by atoms with van der Waals surface area (Å²) in [5.41, 5.74) is 2.11. The lowest BCUT2D eigenvalue weighted by Crippen LogP contribution is -2.04. The molecule has 4 rings (SSSR count). The number of cyclic esters (lactones) is 1. The van der Waals surface area contributed by atoms with Crippen molar-refractivity contribution in [3.05, 3.63) is 104 Å². The van der Waals surface area contributed by atoms with Gasteiger partial charge in [0.2, 0.25) is 5.90 Å². The lowest BCUT2D eigenvalue weighted by atomic mass is 10.2. The third-order valence-corrected chi connectivity index (χ3v) is 5.47. The van der Waals surface area contributed by atoms with Gasteiger partial charge in [0.25, 0.3) is 0 Å². The molecule has 1 heterocycles. The van der Waals surface area contributed by atoms with Crippen molar-refractivity contribution in [1.29, 1.82) is 0 Å². The smallest absolute Gasteiger partial charge is 0.363 e. The minimum atomic E-state index is -0.513. The number of nitrogens with zero attached hydrogens (tertiary/aromatic N) is 1. The van der Waals surface area contributed by atoms with Crippen molar-refractivity contribution in [2.75, 3.05) is 0 Å². The minimum Gasteiger partial charge on any atom is -0.486 e. The van der Waals surface area contributed by atoms with Gasteiger partial charge in [0.15, 0.2) is 5.70 Å². The summed E-state index contributed by atoms with van der Waals surface area (Å²) >= 11 is 6.95. The third kappa shape index (κ3) is 4.52. The SMILES string of the molecule is O=C1OC(c2ccccc2)=N/C1=C\c1cc(Br)c(OCc2ccccc2F)c(Br)c1. The van der Waals surface area contributed by atoms with Crippen LogP contribution in [0.2, 0.25) is 0 Å². The lowest BCUT2D eigenvalue weighted by molar-refractivity contribution is -0.129. The highest BCUT2D eigenvalue weighted by molar-refractivity contribution is 9.11. The Morgan fingerprint density at radius 1 is 1.00 bits per heavy atom.